The van der Waals surface area contributed by atoms with Crippen LogP contribution < -0.4 is 9.80 Å². The van der Waals surface area contributed by atoms with Gasteiger partial charge in [-0.25, -0.2) is 9.97 Å². The number of nitrogens with one attached hydrogen (secondary N) is 2. The van der Waals surface area contributed by atoms with Gasteiger partial charge in [0.1, 0.15) is 6.07 Å². The Balaban J connectivity index is 0.000000165. The third kappa shape index (κ3) is 8.60. The predicted octanol–water partition coefficient (Wildman–Crippen LogP) is 11.2. The molecule has 13 nitrogen and oxygen atoms in total. The monoisotopic (exact) mass is 841 g/mol. The summed E-state index contributed by atoms with van der Waals surface area (Å²) in [5.41, 5.74) is 7.05. The van der Waals surface area contributed by atoms with Crippen LogP contribution in [0.5, 0.6) is 0 Å². The summed E-state index contributed by atoms with van der Waals surface area (Å²) >= 11 is 0. The van der Waals surface area contributed by atoms with Crippen molar-refractivity contribution in [3.8, 4) is 51.8 Å². The molecular formula is C46H46F3N11O2. The fraction of sp³-hybridized carbons (Fsp3) is 0.326. The van der Waals surface area contributed by atoms with Gasteiger partial charge in [0.15, 0.2) is 0 Å². The number of H-pyrrole nitrogens is 2. The van der Waals surface area contributed by atoms with Crippen LogP contribution in [0.15, 0.2) is 94.5 Å². The van der Waals surface area contributed by atoms with Gasteiger partial charge in [0.25, 0.3) is 11.8 Å². The van der Waals surface area contributed by atoms with Gasteiger partial charge >= 0.3 is 6.18 Å². The van der Waals surface area contributed by atoms with Crippen molar-refractivity contribution >= 4 is 33.4 Å². The van der Waals surface area contributed by atoms with Crippen LogP contribution in [0.2, 0.25) is 0 Å². The van der Waals surface area contributed by atoms with Gasteiger partial charge in [0, 0.05) is 53.1 Å². The Labute approximate surface area is 356 Å². The van der Waals surface area contributed by atoms with Crippen molar-refractivity contribution in [3.05, 3.63) is 96.6 Å². The molecule has 0 amide bonds. The van der Waals surface area contributed by atoms with E-state index in [1.165, 1.54) is 12.5 Å². The summed E-state index contributed by atoms with van der Waals surface area (Å²) in [4.78, 5) is 27.5. The van der Waals surface area contributed by atoms with Gasteiger partial charge in [-0.1, -0.05) is 24.2 Å². The molecule has 0 saturated carbocycles. The van der Waals surface area contributed by atoms with E-state index in [9.17, 15) is 18.4 Å². The number of rotatable bonds is 6. The largest absolute Gasteiger partial charge is 0.418 e. The zero-order valence-corrected chi connectivity index (χ0v) is 34.9. The molecule has 2 aliphatic rings. The molecule has 0 radical (unpaired) electrons. The number of nitrogens with zero attached hydrogens (tertiary/aromatic N) is 9. The standard InChI is InChI=1S/C22H20F3N5O.C22H20N6O.C2H6/c1-13-4-2-3-9-30(13)19-8-6-15(10-16(19)22(23,24)25)21-28-20(29-31-21)14-5-7-17-18(11-14)27-12-26-17;1-14-4-2-3-9-28(14)20-8-6-16(10-17(20)12-23)22-26-21(27-29-22)15-5-7-18-19(11-15)25-13-24-18;1-2/h5-8,10-13H,2-4,9H2,1H3,(H,26,27);5-8,10-11,13-14H,2-4,9H2,1H3,(H,24,25);1-2H3. The third-order valence-electron chi connectivity index (χ3n) is 11.3. The number of halogens is 3. The summed E-state index contributed by atoms with van der Waals surface area (Å²) in [5, 5.41) is 17.8. The lowest BCUT2D eigenvalue weighted by molar-refractivity contribution is -0.137. The van der Waals surface area contributed by atoms with Gasteiger partial charge in [-0.05, 0) is 125 Å². The van der Waals surface area contributed by atoms with Crippen molar-refractivity contribution in [3.63, 3.8) is 0 Å². The van der Waals surface area contributed by atoms with E-state index in [2.05, 4.69) is 58.1 Å². The van der Waals surface area contributed by atoms with Crippen LogP contribution in [0.1, 0.15) is 77.3 Å². The normalized spacial score (nSPS) is 16.7. The van der Waals surface area contributed by atoms with Crippen LogP contribution in [-0.4, -0.2) is 65.4 Å². The van der Waals surface area contributed by atoms with Gasteiger partial charge in [0.05, 0.1) is 51.5 Å². The smallest absolute Gasteiger partial charge is 0.368 e. The molecule has 2 N–H and O–H groups in total. The average Bonchev–Trinajstić information content (AvgIpc) is 4.14. The molecule has 8 aromatic rings. The van der Waals surface area contributed by atoms with E-state index in [1.54, 1.807) is 24.8 Å². The molecular weight excluding hydrogens is 796 g/mol. The molecule has 318 valence electrons. The number of fused-ring (bicyclic) bond motifs is 2. The van der Waals surface area contributed by atoms with Gasteiger partial charge in [-0.2, -0.15) is 28.4 Å². The SMILES string of the molecule is CC.CC1CCCCN1c1ccc(-c2nc(-c3ccc4nc[nH]c4c3)no2)cc1C#N.CC1CCCCN1c1ccc(-c2nc(-c3ccc4nc[nH]c4c3)no2)cc1C(F)(F)F. The van der Waals surface area contributed by atoms with Crippen molar-refractivity contribution in [1.82, 2.24) is 40.2 Å². The first-order valence-corrected chi connectivity index (χ1v) is 21.0. The highest BCUT2D eigenvalue weighted by molar-refractivity contribution is 5.81. The molecule has 0 bridgehead atoms. The van der Waals surface area contributed by atoms with Gasteiger partial charge in [0.2, 0.25) is 11.6 Å². The minimum absolute atomic E-state index is 0.0449. The summed E-state index contributed by atoms with van der Waals surface area (Å²) in [6.45, 7) is 9.78. The average molecular weight is 842 g/mol. The highest BCUT2D eigenvalue weighted by Gasteiger charge is 2.37. The summed E-state index contributed by atoms with van der Waals surface area (Å²) < 4.78 is 52.5. The molecule has 0 aliphatic carbocycles. The molecule has 0 spiro atoms. The van der Waals surface area contributed by atoms with Crippen LogP contribution in [0.4, 0.5) is 24.5 Å². The molecule has 16 heteroatoms. The zero-order chi connectivity index (χ0) is 43.4. The van der Waals surface area contributed by atoms with Crippen molar-refractivity contribution < 1.29 is 22.2 Å². The topological polar surface area (TPSA) is 165 Å². The van der Waals surface area contributed by atoms with E-state index in [0.29, 0.717) is 41.3 Å². The fourth-order valence-electron chi connectivity index (χ4n) is 8.13. The summed E-state index contributed by atoms with van der Waals surface area (Å²) in [6.07, 6.45) is 5.11. The highest BCUT2D eigenvalue weighted by Crippen LogP contribution is 2.41. The van der Waals surface area contributed by atoms with E-state index in [-0.39, 0.29) is 23.2 Å². The lowest BCUT2D eigenvalue weighted by Gasteiger charge is -2.37. The molecule has 62 heavy (non-hydrogen) atoms. The second-order valence-electron chi connectivity index (χ2n) is 15.3. The van der Waals surface area contributed by atoms with Crippen LogP contribution in [0.3, 0.4) is 0 Å². The Morgan fingerprint density at radius 2 is 1.13 bits per heavy atom. The number of anilines is 2. The van der Waals surface area contributed by atoms with E-state index >= 15 is 0 Å². The summed E-state index contributed by atoms with van der Waals surface area (Å²) in [6, 6.07) is 24.1. The Morgan fingerprint density at radius 1 is 0.645 bits per heavy atom. The molecule has 2 saturated heterocycles. The number of imidazole rings is 2. The molecule has 2 unspecified atom stereocenters. The number of benzene rings is 4. The van der Waals surface area contributed by atoms with Crippen molar-refractivity contribution in [2.45, 2.75) is 84.5 Å². The van der Waals surface area contributed by atoms with Crippen LogP contribution in [0.25, 0.3) is 67.8 Å². The van der Waals surface area contributed by atoms with Crippen molar-refractivity contribution in [2.24, 2.45) is 0 Å². The first kappa shape index (κ1) is 41.7. The van der Waals surface area contributed by atoms with E-state index < -0.39 is 11.7 Å². The highest BCUT2D eigenvalue weighted by atomic mass is 19.4. The van der Waals surface area contributed by atoms with Crippen LogP contribution in [-0.2, 0) is 6.18 Å². The number of alkyl halides is 3. The molecule has 10 rings (SSSR count). The minimum atomic E-state index is -4.49. The molecule has 6 heterocycles. The Hall–Kier alpha value is -7.02. The fourth-order valence-corrected chi connectivity index (χ4v) is 8.13. The van der Waals surface area contributed by atoms with Crippen LogP contribution in [0, 0.1) is 11.3 Å². The maximum atomic E-state index is 13.9. The number of nitriles is 1. The maximum absolute atomic E-state index is 13.9. The van der Waals surface area contributed by atoms with E-state index in [1.807, 2.05) is 74.2 Å². The number of piperidine rings is 2. The van der Waals surface area contributed by atoms with Gasteiger partial charge in [-0.3, -0.25) is 0 Å². The molecule has 2 atom stereocenters. The van der Waals surface area contributed by atoms with Gasteiger partial charge in [-0.15, -0.1) is 0 Å². The van der Waals surface area contributed by atoms with Gasteiger partial charge < -0.3 is 28.8 Å². The summed E-state index contributed by atoms with van der Waals surface area (Å²) in [7, 11) is 0. The number of aromatic nitrogens is 8. The number of hydrogen-bond acceptors (Lipinski definition) is 11. The molecule has 2 fully saturated rings. The lowest BCUT2D eigenvalue weighted by atomic mass is 9.99. The second-order valence-corrected chi connectivity index (χ2v) is 15.3. The molecule has 2 aliphatic heterocycles. The van der Waals surface area contributed by atoms with Crippen LogP contribution >= 0.6 is 0 Å². The van der Waals surface area contributed by atoms with E-state index in [4.69, 9.17) is 9.05 Å². The molecule has 4 aromatic carbocycles. The number of aromatic amines is 2. The maximum Gasteiger partial charge on any atom is 0.418 e. The lowest BCUT2D eigenvalue weighted by Crippen LogP contribution is -2.38. The molecule has 4 aromatic heterocycles. The third-order valence-corrected chi connectivity index (χ3v) is 11.3. The first-order valence-electron chi connectivity index (χ1n) is 21.0. The quantitative estimate of drug-likeness (QED) is 0.164. The number of hydrogen-bond donors (Lipinski definition) is 2. The Kier molecular flexibility index (Phi) is 12.0. The Bertz CT molecular complexity index is 2830. The predicted molar refractivity (Wildman–Crippen MR) is 232 cm³/mol. The Morgan fingerprint density at radius 3 is 1.63 bits per heavy atom. The van der Waals surface area contributed by atoms with Crippen molar-refractivity contribution in [1.29, 1.82) is 5.26 Å². The first-order chi connectivity index (χ1) is 30.1. The van der Waals surface area contributed by atoms with E-state index in [0.717, 1.165) is 83.6 Å². The van der Waals surface area contributed by atoms with Crippen molar-refractivity contribution in [2.75, 3.05) is 22.9 Å². The summed E-state index contributed by atoms with van der Waals surface area (Å²) in [5.74, 6) is 1.25. The zero-order valence-electron chi connectivity index (χ0n) is 34.9. The minimum Gasteiger partial charge on any atom is -0.368 e. The second kappa shape index (κ2) is 17.9.